The summed E-state index contributed by atoms with van der Waals surface area (Å²) in [6, 6.07) is 5.28. The van der Waals surface area contributed by atoms with Crippen molar-refractivity contribution < 1.29 is 9.90 Å². The topological polar surface area (TPSA) is 75.1 Å². The number of anilines is 2. The Hall–Kier alpha value is -1.50. The molecule has 0 saturated heterocycles. The molecule has 0 aliphatic rings. The minimum atomic E-state index is -1.01. The van der Waals surface area contributed by atoms with Gasteiger partial charge in [0, 0.05) is 16.8 Å². The SMILES string of the molecule is CCCC(C)(Sc1nc(Cl)cc(Nc2ccc(Cl)c(C)c2C)n1)C(=O)O. The first-order valence-corrected chi connectivity index (χ1v) is 9.73. The Labute approximate surface area is 167 Å². The van der Waals surface area contributed by atoms with Gasteiger partial charge >= 0.3 is 5.97 Å². The summed E-state index contributed by atoms with van der Waals surface area (Å²) in [5.74, 6) is -0.395. The number of thioether (sulfide) groups is 1. The summed E-state index contributed by atoms with van der Waals surface area (Å²) in [6.07, 6.45) is 1.24. The molecule has 1 atom stereocenters. The highest BCUT2D eigenvalue weighted by molar-refractivity contribution is 8.01. The fourth-order valence-corrected chi connectivity index (χ4v) is 3.97. The van der Waals surface area contributed by atoms with Crippen LogP contribution in [0.2, 0.25) is 10.2 Å². The van der Waals surface area contributed by atoms with Crippen molar-refractivity contribution in [3.8, 4) is 0 Å². The molecule has 0 amide bonds. The predicted octanol–water partition coefficient (Wildman–Crippen LogP) is 5.88. The minimum absolute atomic E-state index is 0.248. The summed E-state index contributed by atoms with van der Waals surface area (Å²) in [5.41, 5.74) is 2.84. The second-order valence-corrected chi connectivity index (χ2v) is 8.48. The van der Waals surface area contributed by atoms with Gasteiger partial charge in [-0.2, -0.15) is 0 Å². The molecule has 0 radical (unpaired) electrons. The van der Waals surface area contributed by atoms with Crippen molar-refractivity contribution in [2.24, 2.45) is 0 Å². The number of carboxylic acid groups (broad SMARTS) is 1. The summed E-state index contributed by atoms with van der Waals surface area (Å²) in [5, 5.41) is 14.0. The van der Waals surface area contributed by atoms with Gasteiger partial charge in [0.25, 0.3) is 0 Å². The Morgan fingerprint density at radius 3 is 2.58 bits per heavy atom. The number of benzene rings is 1. The van der Waals surface area contributed by atoms with E-state index in [1.807, 2.05) is 32.9 Å². The second-order valence-electron chi connectivity index (χ2n) is 6.22. The third-order valence-electron chi connectivity index (χ3n) is 4.15. The maximum Gasteiger partial charge on any atom is 0.319 e. The molecule has 0 aliphatic heterocycles. The van der Waals surface area contributed by atoms with Gasteiger partial charge in [0.1, 0.15) is 15.7 Å². The lowest BCUT2D eigenvalue weighted by Gasteiger charge is -2.22. The Bertz CT molecular complexity index is 832. The molecule has 0 bridgehead atoms. The van der Waals surface area contributed by atoms with Crippen LogP contribution in [0, 0.1) is 13.8 Å². The molecule has 26 heavy (non-hydrogen) atoms. The van der Waals surface area contributed by atoms with Crippen LogP contribution in [0.15, 0.2) is 23.4 Å². The maximum atomic E-state index is 11.7. The molecule has 2 aromatic rings. The molecule has 8 heteroatoms. The van der Waals surface area contributed by atoms with Crippen molar-refractivity contribution in [2.45, 2.75) is 50.4 Å². The van der Waals surface area contributed by atoms with E-state index in [1.165, 1.54) is 0 Å². The summed E-state index contributed by atoms with van der Waals surface area (Å²) in [4.78, 5) is 20.3. The van der Waals surface area contributed by atoms with Gasteiger partial charge in [-0.25, -0.2) is 9.97 Å². The molecular weight excluding hydrogens is 393 g/mol. The van der Waals surface area contributed by atoms with Crippen LogP contribution in [0.1, 0.15) is 37.8 Å². The molecule has 0 aliphatic carbocycles. The lowest BCUT2D eigenvalue weighted by Crippen LogP contribution is -2.31. The zero-order valence-electron chi connectivity index (χ0n) is 15.1. The fourth-order valence-electron chi connectivity index (χ4n) is 2.45. The molecule has 2 rings (SSSR count). The van der Waals surface area contributed by atoms with E-state index in [1.54, 1.807) is 13.0 Å². The van der Waals surface area contributed by atoms with E-state index < -0.39 is 10.7 Å². The van der Waals surface area contributed by atoms with Crippen LogP contribution in [-0.4, -0.2) is 25.8 Å². The molecule has 1 aromatic carbocycles. The maximum absolute atomic E-state index is 11.7. The average molecular weight is 414 g/mol. The molecule has 5 nitrogen and oxygen atoms in total. The van der Waals surface area contributed by atoms with Gasteiger partial charge in [0.2, 0.25) is 0 Å². The Morgan fingerprint density at radius 1 is 1.27 bits per heavy atom. The first-order chi connectivity index (χ1) is 12.2. The number of hydrogen-bond acceptors (Lipinski definition) is 5. The van der Waals surface area contributed by atoms with Gasteiger partial charge in [-0.1, -0.05) is 48.3 Å². The van der Waals surface area contributed by atoms with E-state index in [2.05, 4.69) is 15.3 Å². The quantitative estimate of drug-likeness (QED) is 0.335. The fraction of sp³-hybridized carbons (Fsp3) is 0.389. The first-order valence-electron chi connectivity index (χ1n) is 8.16. The standard InChI is InChI=1S/C18H21Cl2N3O2S/c1-5-8-18(4,16(24)25)26-17-22-14(20)9-15(23-17)21-13-7-6-12(19)10(2)11(13)3/h6-7,9H,5,8H2,1-4H3,(H,24,25)(H,21,22,23). The average Bonchev–Trinajstić information content (AvgIpc) is 2.55. The molecule has 1 aromatic heterocycles. The van der Waals surface area contributed by atoms with Gasteiger partial charge in [-0.15, -0.1) is 0 Å². The highest BCUT2D eigenvalue weighted by Gasteiger charge is 2.34. The molecule has 0 saturated carbocycles. The van der Waals surface area contributed by atoms with Crippen molar-refractivity contribution in [3.63, 3.8) is 0 Å². The van der Waals surface area contributed by atoms with E-state index in [9.17, 15) is 9.90 Å². The lowest BCUT2D eigenvalue weighted by molar-refractivity contribution is -0.139. The van der Waals surface area contributed by atoms with Gasteiger partial charge in [-0.05, 0) is 50.5 Å². The molecule has 1 heterocycles. The number of aromatic nitrogens is 2. The molecule has 1 unspecified atom stereocenters. The van der Waals surface area contributed by atoms with Crippen LogP contribution in [-0.2, 0) is 4.79 Å². The van der Waals surface area contributed by atoms with E-state index in [-0.39, 0.29) is 5.15 Å². The monoisotopic (exact) mass is 413 g/mol. The van der Waals surface area contributed by atoms with Crippen LogP contribution < -0.4 is 5.32 Å². The van der Waals surface area contributed by atoms with Crippen LogP contribution in [0.5, 0.6) is 0 Å². The van der Waals surface area contributed by atoms with E-state index in [0.29, 0.717) is 22.4 Å². The zero-order chi connectivity index (χ0) is 19.5. The summed E-state index contributed by atoms with van der Waals surface area (Å²) < 4.78 is -1.01. The Balaban J connectivity index is 2.33. The molecule has 0 spiro atoms. The lowest BCUT2D eigenvalue weighted by atomic mass is 10.1. The molecular formula is C18H21Cl2N3O2S. The number of carbonyl (C=O) groups is 1. The molecule has 0 fully saturated rings. The number of carboxylic acids is 1. The van der Waals surface area contributed by atoms with Gasteiger partial charge in [-0.3, -0.25) is 4.79 Å². The van der Waals surface area contributed by atoms with Crippen molar-refractivity contribution in [3.05, 3.63) is 39.5 Å². The number of aliphatic carboxylic acids is 1. The number of nitrogens with zero attached hydrogens (tertiary/aromatic N) is 2. The van der Waals surface area contributed by atoms with Crippen molar-refractivity contribution in [1.29, 1.82) is 0 Å². The summed E-state index contributed by atoms with van der Waals surface area (Å²) in [7, 11) is 0. The first kappa shape index (κ1) is 20.8. The predicted molar refractivity (Wildman–Crippen MR) is 108 cm³/mol. The smallest absolute Gasteiger partial charge is 0.319 e. The largest absolute Gasteiger partial charge is 0.480 e. The van der Waals surface area contributed by atoms with E-state index >= 15 is 0 Å². The third-order valence-corrected chi connectivity index (χ3v) is 5.95. The Morgan fingerprint density at radius 2 is 1.96 bits per heavy atom. The van der Waals surface area contributed by atoms with E-state index in [0.717, 1.165) is 35.0 Å². The number of rotatable bonds is 7. The highest BCUT2D eigenvalue weighted by Crippen LogP contribution is 2.36. The number of nitrogens with one attached hydrogen (secondary N) is 1. The van der Waals surface area contributed by atoms with Gasteiger partial charge < -0.3 is 10.4 Å². The van der Waals surface area contributed by atoms with Crippen molar-refractivity contribution in [1.82, 2.24) is 9.97 Å². The zero-order valence-corrected chi connectivity index (χ0v) is 17.4. The minimum Gasteiger partial charge on any atom is -0.480 e. The van der Waals surface area contributed by atoms with Crippen molar-refractivity contribution in [2.75, 3.05) is 5.32 Å². The van der Waals surface area contributed by atoms with Gasteiger partial charge in [0.15, 0.2) is 5.16 Å². The van der Waals surface area contributed by atoms with Gasteiger partial charge in [0.05, 0.1) is 0 Å². The van der Waals surface area contributed by atoms with Crippen LogP contribution in [0.25, 0.3) is 0 Å². The summed E-state index contributed by atoms with van der Waals surface area (Å²) >= 11 is 13.4. The number of halogens is 2. The van der Waals surface area contributed by atoms with Crippen LogP contribution in [0.3, 0.4) is 0 Å². The van der Waals surface area contributed by atoms with Crippen LogP contribution in [0.4, 0.5) is 11.5 Å². The van der Waals surface area contributed by atoms with E-state index in [4.69, 9.17) is 23.2 Å². The van der Waals surface area contributed by atoms with Crippen molar-refractivity contribution >= 4 is 52.4 Å². The third kappa shape index (κ3) is 4.81. The molecule has 140 valence electrons. The number of hydrogen-bond donors (Lipinski definition) is 2. The second kappa shape index (κ2) is 8.46. The van der Waals surface area contributed by atoms with Crippen LogP contribution >= 0.6 is 35.0 Å². The highest BCUT2D eigenvalue weighted by atomic mass is 35.5. The summed E-state index contributed by atoms with van der Waals surface area (Å²) in [6.45, 7) is 7.53. The molecule has 2 N–H and O–H groups in total. The Kier molecular flexibility index (Phi) is 6.77. The normalized spacial score (nSPS) is 13.3.